The zero-order chi connectivity index (χ0) is 26.9. The molecule has 3 N–H and O–H groups in total. The maximum Gasteiger partial charge on any atom is 0.261 e. The number of para-hydroxylation sites is 2. The van der Waals surface area contributed by atoms with Crippen LogP contribution in [0.2, 0.25) is 0 Å². The highest BCUT2D eigenvalue weighted by molar-refractivity contribution is 7.39. The molecule has 0 aliphatic rings. The molecule has 0 aliphatic heterocycles. The summed E-state index contributed by atoms with van der Waals surface area (Å²) in [5, 5.41) is 2.79. The van der Waals surface area contributed by atoms with Gasteiger partial charge in [-0.05, 0) is 43.3 Å². The number of aromatic nitrogens is 4. The van der Waals surface area contributed by atoms with Gasteiger partial charge in [0.2, 0.25) is 0 Å². The van der Waals surface area contributed by atoms with Gasteiger partial charge in [0.25, 0.3) is 13.9 Å². The van der Waals surface area contributed by atoms with Crippen LogP contribution in [0.3, 0.4) is 0 Å². The average Bonchev–Trinajstić information content (AvgIpc) is 3.34. The van der Waals surface area contributed by atoms with Gasteiger partial charge in [0, 0.05) is 5.56 Å². The van der Waals surface area contributed by atoms with Crippen LogP contribution in [0.25, 0.3) is 11.2 Å². The Morgan fingerprint density at radius 1 is 1.11 bits per heavy atom. The lowest BCUT2D eigenvalue weighted by molar-refractivity contribution is 0.0851. The van der Waals surface area contributed by atoms with Crippen molar-refractivity contribution < 1.29 is 28.1 Å². The van der Waals surface area contributed by atoms with Crippen LogP contribution < -0.4 is 25.0 Å². The number of hydrogen-bond donors (Lipinski definition) is 2. The number of fused-ring (bicyclic) bond motifs is 1. The van der Waals surface area contributed by atoms with E-state index in [-0.39, 0.29) is 31.5 Å². The summed E-state index contributed by atoms with van der Waals surface area (Å²) in [6.07, 6.45) is 2.62. The Balaban J connectivity index is 1.22. The smallest absolute Gasteiger partial charge is 0.261 e. The van der Waals surface area contributed by atoms with Crippen molar-refractivity contribution in [3.05, 3.63) is 66.7 Å². The Morgan fingerprint density at radius 3 is 2.63 bits per heavy atom. The molecule has 1 amide bonds. The molecule has 12 nitrogen and oxygen atoms in total. The fraction of sp³-hybridized carbons (Fsp3) is 0.280. The summed E-state index contributed by atoms with van der Waals surface area (Å²) in [6, 6.07) is 13.7. The molecular formula is C25H29N6O6P. The third kappa shape index (κ3) is 6.99. The Bertz CT molecular complexity index is 1400. The number of nitrogens with one attached hydrogen (secondary N) is 1. The van der Waals surface area contributed by atoms with E-state index in [4.69, 9.17) is 24.5 Å². The molecule has 38 heavy (non-hydrogen) atoms. The van der Waals surface area contributed by atoms with E-state index in [1.54, 1.807) is 66.5 Å². The molecule has 2 unspecified atom stereocenters. The molecule has 0 saturated heterocycles. The quantitative estimate of drug-likeness (QED) is 0.191. The summed E-state index contributed by atoms with van der Waals surface area (Å²) in [6.45, 7) is 2.75. The number of benzene rings is 2. The molecule has 2 aromatic heterocycles. The first-order chi connectivity index (χ1) is 18.4. The molecule has 2 atom stereocenters. The third-order valence-electron chi connectivity index (χ3n) is 5.44. The number of carbonyl (C=O) groups is 1. The van der Waals surface area contributed by atoms with Crippen molar-refractivity contribution in [3.8, 4) is 17.2 Å². The van der Waals surface area contributed by atoms with E-state index in [0.29, 0.717) is 46.3 Å². The fourth-order valence-electron chi connectivity index (χ4n) is 3.55. The second kappa shape index (κ2) is 12.9. The van der Waals surface area contributed by atoms with Crippen LogP contribution in [0.1, 0.15) is 17.3 Å². The van der Waals surface area contributed by atoms with Crippen molar-refractivity contribution >= 4 is 30.9 Å². The number of imidazole rings is 1. The van der Waals surface area contributed by atoms with Crippen LogP contribution >= 0.6 is 8.03 Å². The van der Waals surface area contributed by atoms with Gasteiger partial charge in [-0.25, -0.2) is 15.0 Å². The number of anilines is 1. The maximum atomic E-state index is 12.6. The van der Waals surface area contributed by atoms with Gasteiger partial charge in [-0.15, -0.1) is 0 Å². The molecule has 0 radical (unpaired) electrons. The first-order valence-corrected chi connectivity index (χ1v) is 13.3. The van der Waals surface area contributed by atoms with Crippen molar-refractivity contribution in [1.29, 1.82) is 0 Å². The molecule has 13 heteroatoms. The number of ether oxygens (including phenoxy) is 3. The summed E-state index contributed by atoms with van der Waals surface area (Å²) in [5.41, 5.74) is 7.46. The van der Waals surface area contributed by atoms with E-state index in [9.17, 15) is 9.36 Å². The summed E-state index contributed by atoms with van der Waals surface area (Å²) in [7, 11) is -1.01. The molecule has 2 heterocycles. The molecule has 0 fully saturated rings. The van der Waals surface area contributed by atoms with Crippen LogP contribution in [0.4, 0.5) is 5.82 Å². The highest BCUT2D eigenvalue weighted by Gasteiger charge is 2.14. The molecule has 4 rings (SSSR count). The second-order valence-corrected chi connectivity index (χ2v) is 9.44. The summed E-state index contributed by atoms with van der Waals surface area (Å²) >= 11 is 0. The monoisotopic (exact) mass is 540 g/mol. The normalized spacial score (nSPS) is 12.6. The zero-order valence-corrected chi connectivity index (χ0v) is 22.0. The Morgan fingerprint density at radius 2 is 1.87 bits per heavy atom. The topological polar surface area (TPSA) is 153 Å². The Hall–Kier alpha value is -4.15. The number of rotatable bonds is 13. The van der Waals surface area contributed by atoms with Crippen molar-refractivity contribution in [2.24, 2.45) is 0 Å². The van der Waals surface area contributed by atoms with Gasteiger partial charge in [0.15, 0.2) is 23.0 Å². The van der Waals surface area contributed by atoms with E-state index in [0.717, 1.165) is 0 Å². The number of nitrogens with two attached hydrogens (primary N) is 1. The number of carbonyl (C=O) groups excluding carboxylic acids is 1. The van der Waals surface area contributed by atoms with Gasteiger partial charge in [-0.1, -0.05) is 12.1 Å². The Labute approximate surface area is 220 Å². The summed E-state index contributed by atoms with van der Waals surface area (Å²) in [5.74, 6) is 1.51. The lowest BCUT2D eigenvalue weighted by Crippen LogP contribution is -2.28. The van der Waals surface area contributed by atoms with E-state index < -0.39 is 8.03 Å². The first kappa shape index (κ1) is 26.9. The number of nitrogens with zero attached hydrogens (tertiary/aromatic N) is 4. The van der Waals surface area contributed by atoms with Gasteiger partial charge in [-0.3, -0.25) is 9.36 Å². The lowest BCUT2D eigenvalue weighted by Gasteiger charge is -2.16. The van der Waals surface area contributed by atoms with Gasteiger partial charge in [0.05, 0.1) is 32.6 Å². The molecule has 0 aliphatic carbocycles. The third-order valence-corrected chi connectivity index (χ3v) is 6.29. The molecule has 4 aromatic rings. The van der Waals surface area contributed by atoms with Crippen LogP contribution in [0.15, 0.2) is 61.2 Å². The minimum absolute atomic E-state index is 0.0815. The van der Waals surface area contributed by atoms with E-state index in [2.05, 4.69) is 20.3 Å². The molecular weight excluding hydrogens is 511 g/mol. The molecule has 200 valence electrons. The van der Waals surface area contributed by atoms with Crippen molar-refractivity contribution in [2.45, 2.75) is 19.6 Å². The van der Waals surface area contributed by atoms with Crippen LogP contribution in [-0.4, -0.2) is 58.1 Å². The number of amides is 1. The fourth-order valence-corrected chi connectivity index (χ4v) is 4.44. The standard InChI is InChI=1S/C25H29N6O6P/c1-17(13-31-15-30-22-23(26)28-14-29-24(22)31)36-16-38(33)37-21-6-4-3-5-20(21)35-12-11-27-25(32)18-7-9-19(34-2)10-8-18/h3-10,14-15,17,38H,11-13,16H2,1-2H3,(H,27,32)(H2,26,28,29). The maximum absolute atomic E-state index is 12.6. The average molecular weight is 541 g/mol. The summed E-state index contributed by atoms with van der Waals surface area (Å²) in [4.78, 5) is 24.6. The predicted octanol–water partition coefficient (Wildman–Crippen LogP) is 3.14. The van der Waals surface area contributed by atoms with E-state index in [1.165, 1.54) is 6.33 Å². The number of hydrogen-bond acceptors (Lipinski definition) is 10. The first-order valence-electron chi connectivity index (χ1n) is 11.8. The Kier molecular flexibility index (Phi) is 9.12. The van der Waals surface area contributed by atoms with Crippen LogP contribution in [0.5, 0.6) is 17.2 Å². The van der Waals surface area contributed by atoms with E-state index in [1.807, 2.05) is 6.92 Å². The highest BCUT2D eigenvalue weighted by atomic mass is 31.1. The van der Waals surface area contributed by atoms with Gasteiger partial charge in [-0.2, -0.15) is 0 Å². The predicted molar refractivity (Wildman–Crippen MR) is 142 cm³/mol. The zero-order valence-electron chi connectivity index (χ0n) is 21.0. The summed E-state index contributed by atoms with van der Waals surface area (Å²) < 4.78 is 36.6. The highest BCUT2D eigenvalue weighted by Crippen LogP contribution is 2.34. The second-order valence-electron chi connectivity index (χ2n) is 8.20. The number of nitrogen functional groups attached to an aromatic ring is 1. The molecule has 2 aromatic carbocycles. The van der Waals surface area contributed by atoms with Gasteiger partial charge in [0.1, 0.15) is 30.5 Å². The van der Waals surface area contributed by atoms with Crippen LogP contribution in [-0.2, 0) is 15.8 Å². The van der Waals surface area contributed by atoms with Crippen LogP contribution in [0, 0.1) is 0 Å². The SMILES string of the molecule is COc1ccc(C(=O)NCCOc2ccccc2O[PH](=O)COC(C)Cn2cnc3c(N)ncnc32)cc1. The molecule has 0 spiro atoms. The van der Waals surface area contributed by atoms with Crippen molar-refractivity contribution in [1.82, 2.24) is 24.8 Å². The van der Waals surface area contributed by atoms with E-state index >= 15 is 0 Å². The van der Waals surface area contributed by atoms with Gasteiger partial charge < -0.3 is 34.4 Å². The minimum Gasteiger partial charge on any atom is -0.497 e. The lowest BCUT2D eigenvalue weighted by atomic mass is 10.2. The molecule has 0 saturated carbocycles. The molecule has 0 bridgehead atoms. The van der Waals surface area contributed by atoms with Crippen molar-refractivity contribution in [3.63, 3.8) is 0 Å². The largest absolute Gasteiger partial charge is 0.497 e. The number of methoxy groups -OCH3 is 1. The van der Waals surface area contributed by atoms with Gasteiger partial charge >= 0.3 is 0 Å². The minimum atomic E-state index is -2.57. The van der Waals surface area contributed by atoms with Crippen molar-refractivity contribution in [2.75, 3.05) is 32.3 Å².